The number of nitrogens with one attached hydrogen (secondary N) is 1. The van der Waals surface area contributed by atoms with E-state index < -0.39 is 0 Å². The van der Waals surface area contributed by atoms with Gasteiger partial charge in [-0.15, -0.1) is 0 Å². The summed E-state index contributed by atoms with van der Waals surface area (Å²) in [6.45, 7) is 5.18. The first-order valence-electron chi connectivity index (χ1n) is 7.98. The highest BCUT2D eigenvalue weighted by Gasteiger charge is 2.39. The Morgan fingerprint density at radius 3 is 2.62 bits per heavy atom. The maximum absolute atomic E-state index is 6.40. The van der Waals surface area contributed by atoms with Crippen LogP contribution in [0.4, 0.5) is 0 Å². The molecule has 0 bridgehead atoms. The fourth-order valence-corrected chi connectivity index (χ4v) is 3.45. The molecule has 0 amide bonds. The number of ether oxygens (including phenoxy) is 1. The second-order valence-corrected chi connectivity index (χ2v) is 6.65. The number of halogens is 1. The fraction of sp³-hybridized carbons (Fsp3) is 0.812. The zero-order valence-corrected chi connectivity index (χ0v) is 14.5. The van der Waals surface area contributed by atoms with Crippen molar-refractivity contribution in [2.24, 2.45) is 7.05 Å². The average molecular weight is 314 g/mol. The lowest BCUT2D eigenvalue weighted by molar-refractivity contribution is -0.0834. The SMILES string of the molecule is CCCNC(Cc1c(Cl)c(C)nn1C)CC1(OC)CCC1. The van der Waals surface area contributed by atoms with E-state index in [4.69, 9.17) is 16.3 Å². The van der Waals surface area contributed by atoms with Crippen molar-refractivity contribution >= 4 is 11.6 Å². The Bertz CT molecular complexity index is 463. The summed E-state index contributed by atoms with van der Waals surface area (Å²) >= 11 is 6.40. The third kappa shape index (κ3) is 3.79. The highest BCUT2D eigenvalue weighted by atomic mass is 35.5. The van der Waals surface area contributed by atoms with Crippen LogP contribution in [-0.4, -0.2) is 35.1 Å². The molecule has 1 saturated carbocycles. The van der Waals surface area contributed by atoms with E-state index in [0.29, 0.717) is 6.04 Å². The van der Waals surface area contributed by atoms with Crippen molar-refractivity contribution in [1.29, 1.82) is 0 Å². The maximum Gasteiger partial charge on any atom is 0.0847 e. The van der Waals surface area contributed by atoms with Crippen molar-refractivity contribution in [3.63, 3.8) is 0 Å². The zero-order valence-electron chi connectivity index (χ0n) is 13.7. The standard InChI is InChI=1S/C16H28ClN3O/c1-5-9-18-13(11-16(21-4)7-6-8-16)10-14-15(17)12(2)19-20(14)3/h13,18H,5-11H2,1-4H3. The van der Waals surface area contributed by atoms with Gasteiger partial charge in [-0.05, 0) is 45.6 Å². The molecule has 21 heavy (non-hydrogen) atoms. The van der Waals surface area contributed by atoms with E-state index in [-0.39, 0.29) is 5.60 Å². The lowest BCUT2D eigenvalue weighted by atomic mass is 9.75. The number of methoxy groups -OCH3 is 1. The van der Waals surface area contributed by atoms with Gasteiger partial charge in [0.05, 0.1) is 22.0 Å². The number of nitrogens with zero attached hydrogens (tertiary/aromatic N) is 2. The van der Waals surface area contributed by atoms with Crippen LogP contribution in [-0.2, 0) is 18.2 Å². The first-order chi connectivity index (χ1) is 10.0. The van der Waals surface area contributed by atoms with Gasteiger partial charge < -0.3 is 10.1 Å². The Morgan fingerprint density at radius 2 is 2.19 bits per heavy atom. The van der Waals surface area contributed by atoms with Crippen molar-refractivity contribution in [3.05, 3.63) is 16.4 Å². The van der Waals surface area contributed by atoms with Gasteiger partial charge in [-0.1, -0.05) is 18.5 Å². The molecular formula is C16H28ClN3O. The molecule has 0 aliphatic heterocycles. The second kappa shape index (κ2) is 7.12. The highest BCUT2D eigenvalue weighted by Crippen LogP contribution is 2.39. The van der Waals surface area contributed by atoms with Gasteiger partial charge in [0, 0.05) is 26.6 Å². The topological polar surface area (TPSA) is 39.1 Å². The van der Waals surface area contributed by atoms with E-state index in [1.807, 2.05) is 25.8 Å². The fourth-order valence-electron chi connectivity index (χ4n) is 3.21. The van der Waals surface area contributed by atoms with Crippen LogP contribution in [0.3, 0.4) is 0 Å². The molecule has 1 aliphatic carbocycles. The van der Waals surface area contributed by atoms with E-state index in [1.165, 1.54) is 19.3 Å². The summed E-state index contributed by atoms with van der Waals surface area (Å²) in [4.78, 5) is 0. The van der Waals surface area contributed by atoms with Crippen molar-refractivity contribution in [3.8, 4) is 0 Å². The van der Waals surface area contributed by atoms with Gasteiger partial charge in [0.2, 0.25) is 0 Å². The van der Waals surface area contributed by atoms with E-state index in [0.717, 1.165) is 42.2 Å². The Hall–Kier alpha value is -0.580. The Labute approximate surface area is 133 Å². The van der Waals surface area contributed by atoms with Gasteiger partial charge in [-0.3, -0.25) is 4.68 Å². The molecule has 0 radical (unpaired) electrons. The van der Waals surface area contributed by atoms with Crippen LogP contribution in [0.5, 0.6) is 0 Å². The van der Waals surface area contributed by atoms with E-state index in [1.54, 1.807) is 0 Å². The molecule has 4 nitrogen and oxygen atoms in total. The molecule has 1 N–H and O–H groups in total. The molecule has 1 unspecified atom stereocenters. The summed E-state index contributed by atoms with van der Waals surface area (Å²) in [6, 6.07) is 0.387. The molecule has 0 aromatic carbocycles. The van der Waals surface area contributed by atoms with Crippen molar-refractivity contribution in [1.82, 2.24) is 15.1 Å². The van der Waals surface area contributed by atoms with Gasteiger partial charge in [-0.25, -0.2) is 0 Å². The minimum Gasteiger partial charge on any atom is -0.378 e. The minimum absolute atomic E-state index is 0.0749. The smallest absolute Gasteiger partial charge is 0.0847 e. The predicted molar refractivity (Wildman–Crippen MR) is 86.9 cm³/mol. The van der Waals surface area contributed by atoms with Crippen LogP contribution in [0.2, 0.25) is 5.02 Å². The molecule has 120 valence electrons. The molecule has 0 saturated heterocycles. The monoisotopic (exact) mass is 313 g/mol. The van der Waals surface area contributed by atoms with Gasteiger partial charge in [0.1, 0.15) is 0 Å². The molecule has 1 aliphatic rings. The van der Waals surface area contributed by atoms with Crippen molar-refractivity contribution in [2.45, 2.75) is 64.0 Å². The number of hydrogen-bond acceptors (Lipinski definition) is 3. The molecule has 2 rings (SSSR count). The summed E-state index contributed by atoms with van der Waals surface area (Å²) in [6.07, 6.45) is 6.71. The maximum atomic E-state index is 6.40. The lowest BCUT2D eigenvalue weighted by Gasteiger charge is -2.43. The lowest BCUT2D eigenvalue weighted by Crippen LogP contribution is -2.47. The van der Waals surface area contributed by atoms with E-state index >= 15 is 0 Å². The van der Waals surface area contributed by atoms with E-state index in [2.05, 4.69) is 17.3 Å². The third-order valence-electron chi connectivity index (χ3n) is 4.70. The molecule has 1 atom stereocenters. The number of aryl methyl sites for hydroxylation is 2. The highest BCUT2D eigenvalue weighted by molar-refractivity contribution is 6.31. The average Bonchev–Trinajstić information content (AvgIpc) is 2.66. The van der Waals surface area contributed by atoms with Crippen LogP contribution in [0.25, 0.3) is 0 Å². The molecule has 0 spiro atoms. The van der Waals surface area contributed by atoms with Crippen molar-refractivity contribution < 1.29 is 4.74 Å². The number of rotatable bonds is 8. The van der Waals surface area contributed by atoms with Crippen molar-refractivity contribution in [2.75, 3.05) is 13.7 Å². The summed E-state index contributed by atoms with van der Waals surface area (Å²) in [5.41, 5.74) is 2.10. The van der Waals surface area contributed by atoms with Crippen LogP contribution >= 0.6 is 11.6 Å². The Kier molecular flexibility index (Phi) is 5.69. The van der Waals surface area contributed by atoms with Gasteiger partial charge in [0.15, 0.2) is 0 Å². The number of aromatic nitrogens is 2. The zero-order chi connectivity index (χ0) is 15.5. The van der Waals surface area contributed by atoms with Crippen LogP contribution in [0.1, 0.15) is 50.4 Å². The van der Waals surface area contributed by atoms with Crippen LogP contribution in [0.15, 0.2) is 0 Å². The Balaban J connectivity index is 2.08. The normalized spacial score (nSPS) is 18.5. The van der Waals surface area contributed by atoms with Crippen LogP contribution in [0, 0.1) is 6.92 Å². The van der Waals surface area contributed by atoms with Gasteiger partial charge in [-0.2, -0.15) is 5.10 Å². The largest absolute Gasteiger partial charge is 0.378 e. The Morgan fingerprint density at radius 1 is 1.48 bits per heavy atom. The first-order valence-corrected chi connectivity index (χ1v) is 8.35. The molecular weight excluding hydrogens is 286 g/mol. The second-order valence-electron chi connectivity index (χ2n) is 6.27. The summed E-state index contributed by atoms with van der Waals surface area (Å²) in [5.74, 6) is 0. The minimum atomic E-state index is 0.0749. The van der Waals surface area contributed by atoms with Gasteiger partial charge in [0.25, 0.3) is 0 Å². The summed E-state index contributed by atoms with van der Waals surface area (Å²) in [7, 11) is 3.82. The predicted octanol–water partition coefficient (Wildman–Crippen LogP) is 3.25. The molecule has 5 heteroatoms. The van der Waals surface area contributed by atoms with Crippen LogP contribution < -0.4 is 5.32 Å². The molecule has 1 aromatic rings. The quantitative estimate of drug-likeness (QED) is 0.800. The molecule has 1 heterocycles. The van der Waals surface area contributed by atoms with E-state index in [9.17, 15) is 0 Å². The third-order valence-corrected chi connectivity index (χ3v) is 5.19. The van der Waals surface area contributed by atoms with Gasteiger partial charge >= 0.3 is 0 Å². The molecule has 1 fully saturated rings. The first kappa shape index (κ1) is 16.8. The molecule has 1 aromatic heterocycles. The summed E-state index contributed by atoms with van der Waals surface area (Å²) < 4.78 is 7.71. The number of hydrogen-bond donors (Lipinski definition) is 1. The summed E-state index contributed by atoms with van der Waals surface area (Å²) in [5, 5.41) is 8.89.